The van der Waals surface area contributed by atoms with Crippen LogP contribution in [0.25, 0.3) is 33.7 Å². The topological polar surface area (TPSA) is 117 Å². The maximum absolute atomic E-state index is 13.3. The summed E-state index contributed by atoms with van der Waals surface area (Å²) in [4.78, 5) is 35.9. The lowest BCUT2D eigenvalue weighted by molar-refractivity contribution is 0.131. The first kappa shape index (κ1) is 24.4. The van der Waals surface area contributed by atoms with Gasteiger partial charge in [0.25, 0.3) is 5.56 Å². The van der Waals surface area contributed by atoms with Gasteiger partial charge in [-0.05, 0) is 31.9 Å². The molecule has 0 saturated carbocycles. The molecule has 37 heavy (non-hydrogen) atoms. The third kappa shape index (κ3) is 4.62. The number of aryl methyl sites for hydroxylation is 1. The Balaban J connectivity index is 1.48. The van der Waals surface area contributed by atoms with E-state index in [1.165, 1.54) is 4.90 Å². The Bertz CT molecular complexity index is 1490. The largest absolute Gasteiger partial charge is 0.493 e. The highest BCUT2D eigenvalue weighted by molar-refractivity contribution is 5.91. The fourth-order valence-corrected chi connectivity index (χ4v) is 4.93. The van der Waals surface area contributed by atoms with Gasteiger partial charge in [0.15, 0.2) is 5.65 Å². The van der Waals surface area contributed by atoms with Gasteiger partial charge in [0.05, 0.1) is 12.2 Å². The van der Waals surface area contributed by atoms with Gasteiger partial charge in [-0.1, -0.05) is 30.3 Å². The molecule has 0 bridgehead atoms. The summed E-state index contributed by atoms with van der Waals surface area (Å²) in [6.45, 7) is 3.85. The van der Waals surface area contributed by atoms with Crippen LogP contribution in [-0.2, 0) is 7.05 Å². The minimum atomic E-state index is -0.899. The lowest BCUT2D eigenvalue weighted by atomic mass is 10.0. The van der Waals surface area contributed by atoms with Crippen molar-refractivity contribution in [2.75, 3.05) is 31.6 Å². The number of aromatic nitrogens is 4. The summed E-state index contributed by atoms with van der Waals surface area (Å²) in [7, 11) is 3.41. The van der Waals surface area contributed by atoms with Crippen LogP contribution in [0, 0.1) is 0 Å². The Kier molecular flexibility index (Phi) is 6.56. The second kappa shape index (κ2) is 9.96. The molecule has 3 heterocycles. The zero-order valence-electron chi connectivity index (χ0n) is 21.1. The normalized spacial score (nSPS) is 14.2. The van der Waals surface area contributed by atoms with Gasteiger partial charge in [0, 0.05) is 50.5 Å². The van der Waals surface area contributed by atoms with Gasteiger partial charge in [-0.25, -0.2) is 14.5 Å². The number of benzene rings is 2. The summed E-state index contributed by atoms with van der Waals surface area (Å²) in [5.74, 6) is 1.04. The Morgan fingerprint density at radius 2 is 1.92 bits per heavy atom. The molecule has 10 nitrogen and oxygen atoms in total. The lowest BCUT2D eigenvalue weighted by Gasteiger charge is -2.37. The Morgan fingerprint density at radius 1 is 1.19 bits per heavy atom. The maximum Gasteiger partial charge on any atom is 0.407 e. The first-order chi connectivity index (χ1) is 17.9. The number of carbonyl (C=O) groups is 1. The van der Waals surface area contributed by atoms with Crippen molar-refractivity contribution >= 4 is 22.8 Å². The number of nitrogens with one attached hydrogen (secondary N) is 1. The molecule has 2 aromatic heterocycles. The number of rotatable bonds is 6. The summed E-state index contributed by atoms with van der Waals surface area (Å²) >= 11 is 0. The van der Waals surface area contributed by atoms with Gasteiger partial charge in [0.2, 0.25) is 0 Å². The van der Waals surface area contributed by atoms with Crippen molar-refractivity contribution in [1.29, 1.82) is 0 Å². The number of ether oxygens (including phenoxy) is 1. The second-order valence-electron chi connectivity index (χ2n) is 9.18. The molecule has 1 fully saturated rings. The molecule has 0 aliphatic carbocycles. The minimum Gasteiger partial charge on any atom is -0.493 e. The van der Waals surface area contributed by atoms with E-state index in [4.69, 9.17) is 9.72 Å². The van der Waals surface area contributed by atoms with E-state index < -0.39 is 6.09 Å². The molecule has 1 aliphatic rings. The molecule has 10 heteroatoms. The van der Waals surface area contributed by atoms with Crippen molar-refractivity contribution in [3.8, 4) is 28.4 Å². The maximum atomic E-state index is 13.3. The van der Waals surface area contributed by atoms with Gasteiger partial charge in [-0.3, -0.25) is 4.79 Å². The fraction of sp³-hybridized carbons (Fsp3) is 0.333. The molecule has 0 atom stereocenters. The van der Waals surface area contributed by atoms with Crippen molar-refractivity contribution in [1.82, 2.24) is 24.6 Å². The van der Waals surface area contributed by atoms with E-state index in [2.05, 4.69) is 15.0 Å². The van der Waals surface area contributed by atoms with Crippen molar-refractivity contribution < 1.29 is 14.6 Å². The fourth-order valence-electron chi connectivity index (χ4n) is 4.93. The summed E-state index contributed by atoms with van der Waals surface area (Å²) in [6, 6.07) is 15.5. The van der Waals surface area contributed by atoms with Gasteiger partial charge >= 0.3 is 6.09 Å². The first-order valence-electron chi connectivity index (χ1n) is 12.4. The highest BCUT2D eigenvalue weighted by atomic mass is 16.5. The van der Waals surface area contributed by atoms with Crippen LogP contribution < -0.4 is 15.2 Å². The van der Waals surface area contributed by atoms with Gasteiger partial charge in [0.1, 0.15) is 22.7 Å². The van der Waals surface area contributed by atoms with E-state index >= 15 is 0 Å². The van der Waals surface area contributed by atoms with Crippen LogP contribution in [0.4, 0.5) is 10.5 Å². The first-order valence-corrected chi connectivity index (χ1v) is 12.4. The summed E-state index contributed by atoms with van der Waals surface area (Å²) in [5.41, 5.74) is 3.35. The predicted octanol–water partition coefficient (Wildman–Crippen LogP) is 3.97. The standard InChI is InChI=1S/C27H30N6O4/c1-4-37-21-16-19(33-14-12-18(13-15-33)31(2)27(35)36)10-11-20(21)24-28-25-22(26(34)29-24)23(30-32(25)3)17-8-6-5-7-9-17/h5-11,16,18H,4,12-15H2,1-3H3,(H,35,36)(H,28,29,34). The van der Waals surface area contributed by atoms with E-state index in [0.717, 1.165) is 37.2 Å². The number of amides is 1. The highest BCUT2D eigenvalue weighted by Crippen LogP contribution is 2.34. The smallest absolute Gasteiger partial charge is 0.407 e. The van der Waals surface area contributed by atoms with E-state index in [1.54, 1.807) is 18.8 Å². The third-order valence-electron chi connectivity index (χ3n) is 6.94. The van der Waals surface area contributed by atoms with E-state index in [-0.39, 0.29) is 11.6 Å². The molecule has 2 aromatic carbocycles. The van der Waals surface area contributed by atoms with Crippen molar-refractivity contribution in [3.63, 3.8) is 0 Å². The molecule has 192 valence electrons. The molecule has 2 N–H and O–H groups in total. The number of hydrogen-bond acceptors (Lipinski definition) is 6. The molecule has 4 aromatic rings. The number of H-pyrrole nitrogens is 1. The average Bonchev–Trinajstić information content (AvgIpc) is 3.25. The zero-order valence-corrected chi connectivity index (χ0v) is 21.1. The Morgan fingerprint density at radius 3 is 2.59 bits per heavy atom. The average molecular weight is 503 g/mol. The van der Waals surface area contributed by atoms with Crippen LogP contribution in [0.3, 0.4) is 0 Å². The number of aromatic amines is 1. The van der Waals surface area contributed by atoms with Crippen LogP contribution in [0.5, 0.6) is 5.75 Å². The second-order valence-corrected chi connectivity index (χ2v) is 9.18. The predicted molar refractivity (Wildman–Crippen MR) is 142 cm³/mol. The quantitative estimate of drug-likeness (QED) is 0.410. The van der Waals surface area contributed by atoms with Gasteiger partial charge in [-0.2, -0.15) is 5.10 Å². The van der Waals surface area contributed by atoms with Gasteiger partial charge < -0.3 is 24.6 Å². The van der Waals surface area contributed by atoms with Crippen LogP contribution >= 0.6 is 0 Å². The SMILES string of the molecule is CCOc1cc(N2CCC(N(C)C(=O)O)CC2)ccc1-c1nc2c(c(-c3ccccc3)nn2C)c(=O)[nH]1. The number of carboxylic acid groups (broad SMARTS) is 1. The molecule has 0 radical (unpaired) electrons. The molecule has 0 spiro atoms. The molecule has 5 rings (SSSR count). The zero-order chi connectivity index (χ0) is 26.1. The molecule has 1 saturated heterocycles. The van der Waals surface area contributed by atoms with Crippen LogP contribution in [-0.4, -0.2) is 68.6 Å². The molecule has 1 amide bonds. The van der Waals surface area contributed by atoms with E-state index in [0.29, 0.717) is 40.5 Å². The number of hydrogen-bond donors (Lipinski definition) is 2. The van der Waals surface area contributed by atoms with Crippen molar-refractivity contribution in [2.45, 2.75) is 25.8 Å². The Labute approximate surface area is 214 Å². The van der Waals surface area contributed by atoms with Crippen LogP contribution in [0.1, 0.15) is 19.8 Å². The minimum absolute atomic E-state index is 0.0139. The summed E-state index contributed by atoms with van der Waals surface area (Å²) in [5, 5.41) is 14.3. The van der Waals surface area contributed by atoms with Gasteiger partial charge in [-0.15, -0.1) is 0 Å². The number of piperidine rings is 1. The van der Waals surface area contributed by atoms with Crippen LogP contribution in [0.2, 0.25) is 0 Å². The number of fused-ring (bicyclic) bond motifs is 1. The molecule has 0 unspecified atom stereocenters. The van der Waals surface area contributed by atoms with Crippen LogP contribution in [0.15, 0.2) is 53.3 Å². The molecule has 1 aliphatic heterocycles. The third-order valence-corrected chi connectivity index (χ3v) is 6.94. The highest BCUT2D eigenvalue weighted by Gasteiger charge is 2.26. The summed E-state index contributed by atoms with van der Waals surface area (Å²) in [6.07, 6.45) is 0.610. The Hall–Kier alpha value is -4.34. The monoisotopic (exact) mass is 502 g/mol. The number of anilines is 1. The van der Waals surface area contributed by atoms with E-state index in [1.807, 2.05) is 55.5 Å². The van der Waals surface area contributed by atoms with Crippen molar-refractivity contribution in [3.05, 3.63) is 58.9 Å². The molecular weight excluding hydrogens is 472 g/mol. The molecular formula is C27H30N6O4. The van der Waals surface area contributed by atoms with Crippen molar-refractivity contribution in [2.24, 2.45) is 7.05 Å². The van der Waals surface area contributed by atoms with E-state index in [9.17, 15) is 14.7 Å². The number of nitrogens with zero attached hydrogens (tertiary/aromatic N) is 5. The summed E-state index contributed by atoms with van der Waals surface area (Å²) < 4.78 is 7.60. The lowest BCUT2D eigenvalue weighted by Crippen LogP contribution is -2.45.